The molecule has 5 aromatic rings. The summed E-state index contributed by atoms with van der Waals surface area (Å²) in [5, 5.41) is 98.2. The Balaban J connectivity index is 0.963. The summed E-state index contributed by atoms with van der Waals surface area (Å²) in [5.74, 6) is -8.26. The van der Waals surface area contributed by atoms with E-state index in [1.54, 1.807) is 35.1 Å². The van der Waals surface area contributed by atoms with E-state index in [0.29, 0.717) is 110 Å². The molecule has 0 aliphatic carbocycles. The molecule has 40 heteroatoms. The molecule has 0 saturated carbocycles. The summed E-state index contributed by atoms with van der Waals surface area (Å²) in [5.41, 5.74) is 2.59. The Morgan fingerprint density at radius 1 is 0.717 bits per heavy atom. The number of anilines is 2. The maximum atomic E-state index is 13.7. The Hall–Kier alpha value is -9.33. The first kappa shape index (κ1) is 85.6. The number of aliphatic hydroxyl groups is 1. The summed E-state index contributed by atoms with van der Waals surface area (Å²) in [6.07, 6.45) is 1.67. The number of phenolic OH excluding ortho intramolecular Hbond substituents is 2. The molecule has 0 spiro atoms. The number of thiocarbonyl (C=S) groups is 1. The van der Waals surface area contributed by atoms with Gasteiger partial charge in [0.2, 0.25) is 39.0 Å². The van der Waals surface area contributed by atoms with Crippen LogP contribution < -0.4 is 42.4 Å². The molecule has 37 nitrogen and oxygen atoms in total. The van der Waals surface area contributed by atoms with Crippen molar-refractivity contribution < 1.29 is 101 Å². The fraction of sp³-hybridized carbons (Fsp3) is 0.515. The highest BCUT2D eigenvalue weighted by Gasteiger charge is 2.37. The maximum absolute atomic E-state index is 13.7. The van der Waals surface area contributed by atoms with E-state index in [1.807, 2.05) is 45.9 Å². The number of hydrogen-bond donors (Lipinski definition) is 14. The summed E-state index contributed by atoms with van der Waals surface area (Å²) in [6.45, 7) is 4.07. The fourth-order valence-electron chi connectivity index (χ4n) is 11.4. The number of benzene rings is 3. The van der Waals surface area contributed by atoms with Gasteiger partial charge in [-0.2, -0.15) is 0 Å². The average molecular weight is 1540 g/mol. The number of nitrogens with one attached hydrogen (secondary N) is 7. The largest absolute Gasteiger partial charge is 0.508 e. The van der Waals surface area contributed by atoms with Crippen molar-refractivity contribution in [1.82, 2.24) is 66.5 Å². The number of aliphatic carboxylic acids is 3. The van der Waals surface area contributed by atoms with Crippen LogP contribution in [0.4, 0.5) is 10.8 Å². The number of sulfonamides is 1. The number of aromatic nitrogens is 5. The van der Waals surface area contributed by atoms with Crippen LogP contribution in [0.1, 0.15) is 87.1 Å². The number of carboxylic acid groups (broad SMARTS) is 3. The highest BCUT2D eigenvalue weighted by molar-refractivity contribution is 7.91. The van der Waals surface area contributed by atoms with Gasteiger partial charge >= 0.3 is 17.9 Å². The van der Waals surface area contributed by atoms with Crippen molar-refractivity contribution in [3.63, 3.8) is 0 Å². The van der Waals surface area contributed by atoms with Crippen LogP contribution in [-0.4, -0.2) is 268 Å². The number of methoxy groups -OCH3 is 1. The monoisotopic (exact) mass is 1540 g/mol. The number of aldehydes is 1. The van der Waals surface area contributed by atoms with Gasteiger partial charge in [-0.15, -0.1) is 15.3 Å². The zero-order valence-corrected chi connectivity index (χ0v) is 61.0. The molecular formula is C66H92N16O21S3. The van der Waals surface area contributed by atoms with Crippen LogP contribution in [0, 0.1) is 0 Å². The minimum absolute atomic E-state index is 0.000620. The molecule has 2 aromatic heterocycles. The molecule has 15 N–H and O–H groups in total. The summed E-state index contributed by atoms with van der Waals surface area (Å²) < 4.78 is 46.6. The molecule has 5 atom stereocenters. The van der Waals surface area contributed by atoms with Crippen LogP contribution in [-0.2, 0) is 96.9 Å². The highest BCUT2D eigenvalue weighted by Crippen LogP contribution is 2.38. The number of nitrogens with zero attached hydrogens (tertiary/aromatic N) is 8. The van der Waals surface area contributed by atoms with Crippen LogP contribution in [0.5, 0.6) is 11.5 Å². The van der Waals surface area contributed by atoms with E-state index in [9.17, 15) is 82.2 Å². The van der Waals surface area contributed by atoms with E-state index >= 15 is 0 Å². The topological polar surface area (TPSA) is 523 Å². The fourth-order valence-corrected chi connectivity index (χ4v) is 13.0. The van der Waals surface area contributed by atoms with Crippen molar-refractivity contribution in [2.75, 3.05) is 110 Å². The zero-order chi connectivity index (χ0) is 77.2. The number of primary sulfonamides is 1. The van der Waals surface area contributed by atoms with E-state index in [0.717, 1.165) is 11.8 Å². The molecule has 6 rings (SSSR count). The molecule has 0 bridgehead atoms. The number of aliphatic hydroxyl groups excluding tert-OH is 1. The van der Waals surface area contributed by atoms with Crippen molar-refractivity contribution in [3.8, 4) is 11.5 Å². The van der Waals surface area contributed by atoms with E-state index in [-0.39, 0.29) is 95.1 Å². The number of carbonyl (C=O) groups excluding carboxylic acids is 6. The van der Waals surface area contributed by atoms with Crippen LogP contribution in [0.2, 0.25) is 0 Å². The molecule has 106 heavy (non-hydrogen) atoms. The van der Waals surface area contributed by atoms with Gasteiger partial charge in [-0.1, -0.05) is 59.9 Å². The zero-order valence-electron chi connectivity index (χ0n) is 58.5. The molecule has 1 aliphatic rings. The number of phenols is 2. The van der Waals surface area contributed by atoms with Gasteiger partial charge in [0.25, 0.3) is 10.0 Å². The third-order valence-electron chi connectivity index (χ3n) is 16.9. The van der Waals surface area contributed by atoms with Gasteiger partial charge in [0.05, 0.1) is 64.1 Å². The number of carbonyl (C=O) groups is 9. The number of unbranched alkanes of at least 4 members (excludes halogenated alkanes) is 1. The molecule has 580 valence electrons. The van der Waals surface area contributed by atoms with Gasteiger partial charge in [0.15, 0.2) is 5.11 Å². The van der Waals surface area contributed by atoms with Gasteiger partial charge in [0.1, 0.15) is 55.7 Å². The Kier molecular flexibility index (Phi) is 35.5. The molecule has 3 heterocycles. The van der Waals surface area contributed by atoms with Crippen LogP contribution in [0.15, 0.2) is 83.3 Å². The lowest BCUT2D eigenvalue weighted by atomic mass is 9.73. The van der Waals surface area contributed by atoms with Crippen LogP contribution >= 0.6 is 23.6 Å². The van der Waals surface area contributed by atoms with Gasteiger partial charge in [-0.05, 0) is 110 Å². The number of hydrogen-bond acceptors (Lipinski definition) is 27. The number of ether oxygens (including phenoxy) is 4. The van der Waals surface area contributed by atoms with Crippen molar-refractivity contribution in [3.05, 3.63) is 101 Å². The smallest absolute Gasteiger partial charge is 0.326 e. The number of amides is 5. The predicted molar refractivity (Wildman–Crippen MR) is 384 cm³/mol. The van der Waals surface area contributed by atoms with Crippen molar-refractivity contribution in [2.24, 2.45) is 5.14 Å². The van der Waals surface area contributed by atoms with E-state index in [1.165, 1.54) is 31.4 Å². The number of nitrogens with two attached hydrogens (primary N) is 1. The average Bonchev–Trinajstić information content (AvgIpc) is 0.880. The standard InChI is InChI=1S/C66H92N16O21S3/c1-66(44-11-17-48(85)18-12-44,45-13-19-49(86)20-14-45)22-21-55(88)72-51(61(94)95)37-57(90)73-52(62(96)97)38-56(89)71-50(7-3-4-25-82-39-47(75-78-82)6-5-8-54(87)74-64-76-77-65(105-64)106(67,98)99)59(93)68-23-32-101-34-35-102-33-24-69-63(104)70-46-15-9-43(10-16-46)36-53-60(100-2)80(30-31-83)28-26-79(41-103-42-84)27-29-81(53)40-58(91)92/h9-20,31,39,50-53,60,84-86H,3-8,21-30,32-38,40-42H2,1-2H3,(H,68,93)(H,71,89)(H,72,88)(H,73,90)(H,91,92)(H,94,95)(H,96,97)(H2,67,98,99)(H2,69,70,104)(H,74,76,87)/t50-,51-,52-,53?,60?/m0/s1. The first-order valence-electron chi connectivity index (χ1n) is 33.8. The SMILES string of the molecule is COC1C(Cc2ccc(NC(=S)NCCOCCOCCNC(=O)[C@H](CCCCn3cc(CCCC(=O)Nc4nnc(S(N)(=O)=O)s4)nn3)NC(=O)C[C@H](NC(=O)C[C@H](NC(=O)CCC(C)(c3ccc(O)cc3)c3ccc(O)cc3)C(=O)O)C(=O)O)cc2)N(CC(=O)O)CCN(COCO)CCN1CC=O. The lowest BCUT2D eigenvalue weighted by Gasteiger charge is -2.39. The molecule has 1 fully saturated rings. The molecular weight excluding hydrogens is 1450 g/mol. The minimum atomic E-state index is -4.09. The van der Waals surface area contributed by atoms with Crippen molar-refractivity contribution in [2.45, 2.75) is 124 Å². The van der Waals surface area contributed by atoms with Gasteiger partial charge in [-0.25, -0.2) is 23.1 Å². The number of aryl methyl sites for hydroxylation is 2. The van der Waals surface area contributed by atoms with Crippen LogP contribution in [0.3, 0.4) is 0 Å². The molecule has 0 radical (unpaired) electrons. The number of aromatic hydroxyl groups is 2. The predicted octanol–water partition coefficient (Wildman–Crippen LogP) is -0.343. The number of rotatable bonds is 46. The van der Waals surface area contributed by atoms with E-state index in [4.69, 9.17) is 36.3 Å². The second-order valence-electron chi connectivity index (χ2n) is 24.8. The molecule has 1 saturated heterocycles. The lowest BCUT2D eigenvalue weighted by molar-refractivity contribution is -0.145. The van der Waals surface area contributed by atoms with Crippen molar-refractivity contribution in [1.29, 1.82) is 0 Å². The maximum Gasteiger partial charge on any atom is 0.326 e. The second-order valence-corrected chi connectivity index (χ2v) is 27.9. The first-order valence-corrected chi connectivity index (χ1v) is 36.6. The van der Waals surface area contributed by atoms with Crippen molar-refractivity contribution >= 4 is 103 Å². The summed E-state index contributed by atoms with van der Waals surface area (Å²) in [6, 6.07) is 14.5. The second kappa shape index (κ2) is 44.0. The van der Waals surface area contributed by atoms with Gasteiger partial charge < -0.3 is 91.6 Å². The van der Waals surface area contributed by atoms with E-state index < -0.39 is 117 Å². The summed E-state index contributed by atoms with van der Waals surface area (Å²) in [4.78, 5) is 121. The van der Waals surface area contributed by atoms with Gasteiger partial charge in [0, 0.05) is 83.1 Å². The third-order valence-corrected chi connectivity index (χ3v) is 19.3. The summed E-state index contributed by atoms with van der Waals surface area (Å²) >= 11 is 6.11. The highest BCUT2D eigenvalue weighted by atomic mass is 32.2. The Labute approximate surface area is 620 Å². The molecule has 3 aromatic carbocycles. The summed E-state index contributed by atoms with van der Waals surface area (Å²) in [7, 11) is -2.57. The quantitative estimate of drug-likeness (QED) is 0.00779. The molecule has 2 unspecified atom stereocenters. The normalized spacial score (nSPS) is 15.5. The third kappa shape index (κ3) is 29.5. The number of carboxylic acids is 3. The van der Waals surface area contributed by atoms with Crippen LogP contribution in [0.25, 0.3) is 0 Å². The minimum Gasteiger partial charge on any atom is -0.508 e. The van der Waals surface area contributed by atoms with Gasteiger partial charge in [-0.3, -0.25) is 48.1 Å². The lowest BCUT2D eigenvalue weighted by Crippen LogP contribution is -2.55. The Morgan fingerprint density at radius 3 is 1.88 bits per heavy atom. The Bertz CT molecular complexity index is 3760. The Morgan fingerprint density at radius 2 is 1.31 bits per heavy atom. The first-order chi connectivity index (χ1) is 50.7. The molecule has 1 aliphatic heterocycles. The molecule has 5 amide bonds. The van der Waals surface area contributed by atoms with E-state index in [2.05, 4.69) is 57.7 Å².